The third-order valence-corrected chi connectivity index (χ3v) is 4.32. The maximum absolute atomic E-state index is 3.81. The third kappa shape index (κ3) is 3.16. The van der Waals surface area contributed by atoms with Gasteiger partial charge in [0.1, 0.15) is 0 Å². The minimum Gasteiger partial charge on any atom is -0.313 e. The molecular weight excluding hydrogens is 190 g/mol. The number of rotatable bonds is 7. The molecule has 2 fully saturated rings. The summed E-state index contributed by atoms with van der Waals surface area (Å²) in [6.45, 7) is 3.60. The Labute approximate surface area is 92.4 Å². The number of nitrogens with one attached hydrogen (secondary N) is 1. The molecule has 0 aliphatic heterocycles. The fourth-order valence-electron chi connectivity index (χ4n) is 2.31. The van der Waals surface area contributed by atoms with Crippen molar-refractivity contribution in [1.29, 1.82) is 0 Å². The van der Waals surface area contributed by atoms with E-state index in [0.29, 0.717) is 0 Å². The lowest BCUT2D eigenvalue weighted by Gasteiger charge is -2.20. The SMILES string of the molecule is CSCC(C)CNC(C1CC1)C1CC1. The van der Waals surface area contributed by atoms with E-state index in [4.69, 9.17) is 0 Å². The van der Waals surface area contributed by atoms with Crippen molar-refractivity contribution >= 4 is 11.8 Å². The summed E-state index contributed by atoms with van der Waals surface area (Å²) in [6.07, 6.45) is 8.17. The van der Waals surface area contributed by atoms with Gasteiger partial charge in [-0.3, -0.25) is 0 Å². The molecular formula is C12H23NS. The molecule has 2 aliphatic carbocycles. The van der Waals surface area contributed by atoms with Gasteiger partial charge in [0.2, 0.25) is 0 Å². The zero-order chi connectivity index (χ0) is 9.97. The van der Waals surface area contributed by atoms with Gasteiger partial charge in [-0.1, -0.05) is 6.92 Å². The summed E-state index contributed by atoms with van der Waals surface area (Å²) >= 11 is 1.97. The van der Waals surface area contributed by atoms with Crippen molar-refractivity contribution in [3.05, 3.63) is 0 Å². The molecule has 0 radical (unpaired) electrons. The summed E-state index contributed by atoms with van der Waals surface area (Å²) in [6, 6.07) is 0.888. The Bertz CT molecular complexity index is 163. The normalized spacial score (nSPS) is 24.2. The van der Waals surface area contributed by atoms with Crippen LogP contribution in [-0.2, 0) is 0 Å². The third-order valence-electron chi connectivity index (χ3n) is 3.41. The lowest BCUT2D eigenvalue weighted by molar-refractivity contribution is 0.393. The zero-order valence-corrected chi connectivity index (χ0v) is 10.3. The van der Waals surface area contributed by atoms with E-state index in [-0.39, 0.29) is 0 Å². The summed E-state index contributed by atoms with van der Waals surface area (Å²) in [5, 5.41) is 3.81. The Morgan fingerprint density at radius 3 is 2.21 bits per heavy atom. The number of hydrogen-bond acceptors (Lipinski definition) is 2. The van der Waals surface area contributed by atoms with E-state index in [9.17, 15) is 0 Å². The van der Waals surface area contributed by atoms with Gasteiger partial charge in [0.05, 0.1) is 0 Å². The standard InChI is InChI=1S/C12H23NS/c1-9(8-14-2)7-13-12(10-3-4-10)11-5-6-11/h9-13H,3-8H2,1-2H3. The Hall–Kier alpha value is 0.310. The van der Waals surface area contributed by atoms with E-state index < -0.39 is 0 Å². The minimum atomic E-state index is 0.838. The van der Waals surface area contributed by atoms with Crippen molar-refractivity contribution in [1.82, 2.24) is 5.32 Å². The smallest absolute Gasteiger partial charge is 0.0124 e. The van der Waals surface area contributed by atoms with Gasteiger partial charge in [-0.25, -0.2) is 0 Å². The first kappa shape index (κ1) is 10.8. The molecule has 82 valence electrons. The van der Waals surface area contributed by atoms with Crippen molar-refractivity contribution in [3.8, 4) is 0 Å². The Balaban J connectivity index is 1.66. The van der Waals surface area contributed by atoms with Crippen LogP contribution in [0.2, 0.25) is 0 Å². The summed E-state index contributed by atoms with van der Waals surface area (Å²) < 4.78 is 0. The first-order valence-electron chi connectivity index (χ1n) is 6.03. The minimum absolute atomic E-state index is 0.838. The van der Waals surface area contributed by atoms with E-state index in [1.165, 1.54) is 38.0 Å². The monoisotopic (exact) mass is 213 g/mol. The van der Waals surface area contributed by atoms with E-state index in [0.717, 1.165) is 23.8 Å². The molecule has 2 saturated carbocycles. The van der Waals surface area contributed by atoms with Crippen molar-refractivity contribution in [2.24, 2.45) is 17.8 Å². The van der Waals surface area contributed by atoms with Gasteiger partial charge >= 0.3 is 0 Å². The quantitative estimate of drug-likeness (QED) is 0.698. The summed E-state index contributed by atoms with van der Waals surface area (Å²) in [4.78, 5) is 0. The molecule has 0 spiro atoms. The van der Waals surface area contributed by atoms with Gasteiger partial charge in [0, 0.05) is 6.04 Å². The van der Waals surface area contributed by atoms with Crippen LogP contribution in [0.15, 0.2) is 0 Å². The van der Waals surface area contributed by atoms with Crippen LogP contribution in [0.5, 0.6) is 0 Å². The Kier molecular flexibility index (Phi) is 3.78. The Morgan fingerprint density at radius 1 is 1.21 bits per heavy atom. The van der Waals surface area contributed by atoms with Gasteiger partial charge in [-0.2, -0.15) is 11.8 Å². The van der Waals surface area contributed by atoms with Crippen LogP contribution in [0.25, 0.3) is 0 Å². The number of hydrogen-bond donors (Lipinski definition) is 1. The lowest BCUT2D eigenvalue weighted by Crippen LogP contribution is -2.36. The highest BCUT2D eigenvalue weighted by Crippen LogP contribution is 2.44. The molecule has 2 rings (SSSR count). The van der Waals surface area contributed by atoms with E-state index in [2.05, 4.69) is 18.5 Å². The van der Waals surface area contributed by atoms with E-state index in [1.54, 1.807) is 0 Å². The predicted octanol–water partition coefficient (Wildman–Crippen LogP) is 2.76. The maximum atomic E-state index is 3.81. The highest BCUT2D eigenvalue weighted by atomic mass is 32.2. The largest absolute Gasteiger partial charge is 0.313 e. The van der Waals surface area contributed by atoms with E-state index >= 15 is 0 Å². The van der Waals surface area contributed by atoms with Crippen molar-refractivity contribution in [3.63, 3.8) is 0 Å². The molecule has 0 bridgehead atoms. The molecule has 0 aromatic heterocycles. The average Bonchev–Trinajstić information content (AvgIpc) is 3.01. The predicted molar refractivity (Wildman–Crippen MR) is 64.8 cm³/mol. The fourth-order valence-corrected chi connectivity index (χ4v) is 3.00. The average molecular weight is 213 g/mol. The fraction of sp³-hybridized carbons (Fsp3) is 1.00. The topological polar surface area (TPSA) is 12.0 Å². The second kappa shape index (κ2) is 4.89. The molecule has 1 nitrogen and oxygen atoms in total. The van der Waals surface area contributed by atoms with Crippen LogP contribution in [-0.4, -0.2) is 24.6 Å². The molecule has 1 unspecified atom stereocenters. The molecule has 0 aromatic rings. The molecule has 14 heavy (non-hydrogen) atoms. The second-order valence-electron chi connectivity index (χ2n) is 5.17. The summed E-state index contributed by atoms with van der Waals surface area (Å²) in [5.74, 6) is 4.23. The molecule has 0 aromatic carbocycles. The van der Waals surface area contributed by atoms with Crippen LogP contribution in [0.1, 0.15) is 32.6 Å². The maximum Gasteiger partial charge on any atom is 0.0124 e. The molecule has 2 heteroatoms. The van der Waals surface area contributed by atoms with E-state index in [1.807, 2.05) is 11.8 Å². The van der Waals surface area contributed by atoms with Crippen LogP contribution in [0.4, 0.5) is 0 Å². The van der Waals surface area contributed by atoms with Crippen molar-refractivity contribution in [2.45, 2.75) is 38.6 Å². The Morgan fingerprint density at radius 2 is 1.79 bits per heavy atom. The van der Waals surface area contributed by atoms with Crippen LogP contribution in [0.3, 0.4) is 0 Å². The van der Waals surface area contributed by atoms with Gasteiger partial charge in [0.15, 0.2) is 0 Å². The molecule has 1 atom stereocenters. The number of thioether (sulfide) groups is 1. The summed E-state index contributed by atoms with van der Waals surface area (Å²) in [5.41, 5.74) is 0. The van der Waals surface area contributed by atoms with Crippen molar-refractivity contribution in [2.75, 3.05) is 18.6 Å². The highest BCUT2D eigenvalue weighted by Gasteiger charge is 2.40. The molecule has 0 amide bonds. The molecule has 1 N–H and O–H groups in total. The lowest BCUT2D eigenvalue weighted by atomic mass is 10.1. The molecule has 0 saturated heterocycles. The van der Waals surface area contributed by atoms with Gasteiger partial charge < -0.3 is 5.32 Å². The van der Waals surface area contributed by atoms with Crippen LogP contribution < -0.4 is 5.32 Å². The first-order chi connectivity index (χ1) is 6.81. The van der Waals surface area contributed by atoms with Gasteiger partial charge in [0.25, 0.3) is 0 Å². The van der Waals surface area contributed by atoms with Gasteiger partial charge in [-0.15, -0.1) is 0 Å². The summed E-state index contributed by atoms with van der Waals surface area (Å²) in [7, 11) is 0. The highest BCUT2D eigenvalue weighted by molar-refractivity contribution is 7.98. The zero-order valence-electron chi connectivity index (χ0n) is 9.46. The first-order valence-corrected chi connectivity index (χ1v) is 7.43. The van der Waals surface area contributed by atoms with Crippen LogP contribution >= 0.6 is 11.8 Å². The van der Waals surface area contributed by atoms with Crippen LogP contribution in [0, 0.1) is 17.8 Å². The second-order valence-corrected chi connectivity index (χ2v) is 6.08. The molecule has 0 heterocycles. The molecule has 2 aliphatic rings. The van der Waals surface area contributed by atoms with Gasteiger partial charge in [-0.05, 0) is 62.0 Å². The van der Waals surface area contributed by atoms with Crippen molar-refractivity contribution < 1.29 is 0 Å².